The standard InChI is InChI=1S/C19H16N2O2/c22-18(23)19(10-11-19)15-8-6-13(7-9-15)16-12-20-21-17(16)14-4-2-1-3-5-14/h1-9,12H,10-11H2,(H,20,21)(H,22,23). The Labute approximate surface area is 133 Å². The number of aromatic amines is 1. The molecular weight excluding hydrogens is 288 g/mol. The number of hydrogen-bond donors (Lipinski definition) is 2. The molecule has 1 aliphatic rings. The van der Waals surface area contributed by atoms with Gasteiger partial charge in [0.05, 0.1) is 17.3 Å². The predicted molar refractivity (Wildman–Crippen MR) is 88.0 cm³/mol. The molecule has 114 valence electrons. The molecule has 0 unspecified atom stereocenters. The summed E-state index contributed by atoms with van der Waals surface area (Å²) in [6.07, 6.45) is 3.26. The molecule has 1 fully saturated rings. The number of benzene rings is 2. The molecule has 0 aliphatic heterocycles. The van der Waals surface area contributed by atoms with Crippen LogP contribution in [0.4, 0.5) is 0 Å². The van der Waals surface area contributed by atoms with Crippen LogP contribution < -0.4 is 0 Å². The van der Waals surface area contributed by atoms with E-state index < -0.39 is 11.4 Å². The molecular formula is C19H16N2O2. The number of aliphatic carboxylic acids is 1. The van der Waals surface area contributed by atoms with Crippen LogP contribution in [0.3, 0.4) is 0 Å². The fourth-order valence-corrected chi connectivity index (χ4v) is 3.05. The summed E-state index contributed by atoms with van der Waals surface area (Å²) in [5, 5.41) is 16.6. The lowest BCUT2D eigenvalue weighted by molar-refractivity contribution is -0.140. The molecule has 1 aromatic heterocycles. The number of rotatable bonds is 4. The van der Waals surface area contributed by atoms with Crippen molar-refractivity contribution in [1.29, 1.82) is 0 Å². The Morgan fingerprint density at radius 2 is 1.70 bits per heavy atom. The maximum absolute atomic E-state index is 11.4. The molecule has 0 bridgehead atoms. The van der Waals surface area contributed by atoms with Gasteiger partial charge in [-0.05, 0) is 24.0 Å². The Morgan fingerprint density at radius 1 is 1.00 bits per heavy atom. The second-order valence-corrected chi connectivity index (χ2v) is 5.99. The number of aromatic nitrogens is 2. The zero-order chi connectivity index (χ0) is 15.9. The molecule has 0 spiro atoms. The fourth-order valence-electron chi connectivity index (χ4n) is 3.05. The van der Waals surface area contributed by atoms with Crippen LogP contribution in [0.15, 0.2) is 60.8 Å². The van der Waals surface area contributed by atoms with Crippen molar-refractivity contribution in [2.75, 3.05) is 0 Å². The van der Waals surface area contributed by atoms with Crippen LogP contribution in [-0.2, 0) is 10.2 Å². The molecule has 0 atom stereocenters. The number of H-pyrrole nitrogens is 1. The van der Waals surface area contributed by atoms with Crippen molar-refractivity contribution in [3.63, 3.8) is 0 Å². The Kier molecular flexibility index (Phi) is 3.05. The van der Waals surface area contributed by atoms with Gasteiger partial charge in [-0.2, -0.15) is 5.10 Å². The number of nitrogens with one attached hydrogen (secondary N) is 1. The normalized spacial score (nSPS) is 15.3. The summed E-state index contributed by atoms with van der Waals surface area (Å²) in [5.41, 5.74) is 4.33. The topological polar surface area (TPSA) is 66.0 Å². The van der Waals surface area contributed by atoms with Crippen LogP contribution in [0.5, 0.6) is 0 Å². The molecule has 2 aromatic carbocycles. The molecule has 1 aliphatic carbocycles. The average molecular weight is 304 g/mol. The quantitative estimate of drug-likeness (QED) is 0.769. The molecule has 4 heteroatoms. The summed E-state index contributed by atoms with van der Waals surface area (Å²) in [5.74, 6) is -0.724. The van der Waals surface area contributed by atoms with Crippen LogP contribution in [0.2, 0.25) is 0 Å². The molecule has 0 amide bonds. The van der Waals surface area contributed by atoms with E-state index in [1.807, 2.05) is 54.6 Å². The molecule has 2 N–H and O–H groups in total. The third-order valence-electron chi connectivity index (χ3n) is 4.61. The van der Waals surface area contributed by atoms with Gasteiger partial charge in [0.15, 0.2) is 0 Å². The zero-order valence-electron chi connectivity index (χ0n) is 12.5. The average Bonchev–Trinajstić information content (AvgIpc) is 3.27. The number of carboxylic acids is 1. The van der Waals surface area contributed by atoms with E-state index in [4.69, 9.17) is 0 Å². The summed E-state index contributed by atoms with van der Waals surface area (Å²) in [7, 11) is 0. The largest absolute Gasteiger partial charge is 0.481 e. The molecule has 3 aromatic rings. The lowest BCUT2D eigenvalue weighted by Gasteiger charge is -2.11. The van der Waals surface area contributed by atoms with E-state index in [9.17, 15) is 9.90 Å². The number of hydrogen-bond acceptors (Lipinski definition) is 2. The van der Waals surface area contributed by atoms with Crippen LogP contribution in [0, 0.1) is 0 Å². The second kappa shape index (κ2) is 5.09. The van der Waals surface area contributed by atoms with Gasteiger partial charge in [-0.15, -0.1) is 0 Å². The van der Waals surface area contributed by atoms with Crippen molar-refractivity contribution in [3.8, 4) is 22.4 Å². The van der Waals surface area contributed by atoms with Gasteiger partial charge in [-0.1, -0.05) is 54.6 Å². The minimum atomic E-state index is -0.724. The molecule has 1 heterocycles. The summed E-state index contributed by atoms with van der Waals surface area (Å²) in [6, 6.07) is 17.9. The van der Waals surface area contributed by atoms with E-state index in [1.165, 1.54) is 0 Å². The summed E-state index contributed by atoms with van der Waals surface area (Å²) in [6.45, 7) is 0. The number of carbonyl (C=O) groups is 1. The third kappa shape index (κ3) is 2.23. The highest BCUT2D eigenvalue weighted by Gasteiger charge is 2.51. The molecule has 4 nitrogen and oxygen atoms in total. The minimum absolute atomic E-state index is 0.656. The maximum Gasteiger partial charge on any atom is 0.314 e. The Balaban J connectivity index is 1.71. The van der Waals surface area contributed by atoms with Crippen molar-refractivity contribution in [2.24, 2.45) is 0 Å². The first-order chi connectivity index (χ1) is 11.2. The van der Waals surface area contributed by atoms with E-state index >= 15 is 0 Å². The monoisotopic (exact) mass is 304 g/mol. The third-order valence-corrected chi connectivity index (χ3v) is 4.61. The van der Waals surface area contributed by atoms with Gasteiger partial charge in [0.2, 0.25) is 0 Å². The zero-order valence-corrected chi connectivity index (χ0v) is 12.5. The minimum Gasteiger partial charge on any atom is -0.481 e. The summed E-state index contributed by atoms with van der Waals surface area (Å²) < 4.78 is 0. The van der Waals surface area contributed by atoms with Gasteiger partial charge in [-0.25, -0.2) is 0 Å². The van der Waals surface area contributed by atoms with E-state index in [-0.39, 0.29) is 0 Å². The predicted octanol–water partition coefficient (Wildman–Crippen LogP) is 3.86. The van der Waals surface area contributed by atoms with Crippen molar-refractivity contribution in [1.82, 2.24) is 10.2 Å². The summed E-state index contributed by atoms with van der Waals surface area (Å²) >= 11 is 0. The van der Waals surface area contributed by atoms with Gasteiger partial charge in [0.1, 0.15) is 0 Å². The van der Waals surface area contributed by atoms with E-state index in [1.54, 1.807) is 6.20 Å². The first-order valence-electron chi connectivity index (χ1n) is 7.64. The number of carboxylic acid groups (broad SMARTS) is 1. The Bertz CT molecular complexity index is 847. The van der Waals surface area contributed by atoms with E-state index in [0.717, 1.165) is 40.8 Å². The van der Waals surface area contributed by atoms with Crippen LogP contribution >= 0.6 is 0 Å². The molecule has 0 radical (unpaired) electrons. The van der Waals surface area contributed by atoms with Crippen LogP contribution in [0.1, 0.15) is 18.4 Å². The fraction of sp³-hybridized carbons (Fsp3) is 0.158. The Morgan fingerprint density at radius 3 is 2.30 bits per heavy atom. The second-order valence-electron chi connectivity index (χ2n) is 5.99. The lowest BCUT2D eigenvalue weighted by atomic mass is 9.93. The van der Waals surface area contributed by atoms with Gasteiger partial charge in [0, 0.05) is 11.1 Å². The smallest absolute Gasteiger partial charge is 0.314 e. The molecule has 0 saturated heterocycles. The van der Waals surface area contributed by atoms with Gasteiger partial charge >= 0.3 is 5.97 Å². The Hall–Kier alpha value is -2.88. The van der Waals surface area contributed by atoms with E-state index in [2.05, 4.69) is 10.2 Å². The van der Waals surface area contributed by atoms with Crippen molar-refractivity contribution >= 4 is 5.97 Å². The van der Waals surface area contributed by atoms with Crippen LogP contribution in [0.25, 0.3) is 22.4 Å². The highest BCUT2D eigenvalue weighted by molar-refractivity contribution is 5.86. The molecule has 1 saturated carbocycles. The van der Waals surface area contributed by atoms with Gasteiger partial charge in [0.25, 0.3) is 0 Å². The lowest BCUT2D eigenvalue weighted by Crippen LogP contribution is -2.19. The van der Waals surface area contributed by atoms with Gasteiger partial charge in [-0.3, -0.25) is 9.89 Å². The van der Waals surface area contributed by atoms with Crippen molar-refractivity contribution in [3.05, 3.63) is 66.4 Å². The SMILES string of the molecule is O=C(O)C1(c2ccc(-c3cn[nH]c3-c3ccccc3)cc2)CC1. The summed E-state index contributed by atoms with van der Waals surface area (Å²) in [4.78, 5) is 11.4. The molecule has 23 heavy (non-hydrogen) atoms. The molecule has 4 rings (SSSR count). The first-order valence-corrected chi connectivity index (χ1v) is 7.64. The van der Waals surface area contributed by atoms with Gasteiger partial charge < -0.3 is 5.11 Å². The maximum atomic E-state index is 11.4. The van der Waals surface area contributed by atoms with Crippen LogP contribution in [-0.4, -0.2) is 21.3 Å². The first kappa shape index (κ1) is 13.8. The highest BCUT2D eigenvalue weighted by Crippen LogP contribution is 2.48. The van der Waals surface area contributed by atoms with Crippen molar-refractivity contribution in [2.45, 2.75) is 18.3 Å². The highest BCUT2D eigenvalue weighted by atomic mass is 16.4. The number of nitrogens with zero attached hydrogens (tertiary/aromatic N) is 1. The van der Waals surface area contributed by atoms with E-state index in [0.29, 0.717) is 0 Å². The van der Waals surface area contributed by atoms with Crippen molar-refractivity contribution < 1.29 is 9.90 Å².